The van der Waals surface area contributed by atoms with Gasteiger partial charge in [-0.05, 0) is 56.9 Å². The molecule has 1 atom stereocenters. The third-order valence-corrected chi connectivity index (χ3v) is 6.43. The number of fused-ring (bicyclic) bond motifs is 2. The molecule has 3 fully saturated rings. The molecule has 1 unspecified atom stereocenters. The van der Waals surface area contributed by atoms with E-state index in [9.17, 15) is 18.8 Å². The molecule has 2 aromatic carbocycles. The lowest BCUT2D eigenvalue weighted by molar-refractivity contribution is -0.177. The molecular formula is C26H27F2NO5. The van der Waals surface area contributed by atoms with Crippen LogP contribution in [0.4, 0.5) is 13.6 Å². The number of nitrogens with zero attached hydrogens (tertiary/aromatic N) is 1. The third kappa shape index (κ3) is 3.95. The lowest BCUT2D eigenvalue weighted by Crippen LogP contribution is -2.76. The highest BCUT2D eigenvalue weighted by molar-refractivity contribution is 6.13. The van der Waals surface area contributed by atoms with Crippen molar-refractivity contribution in [3.05, 3.63) is 59.7 Å². The fourth-order valence-electron chi connectivity index (χ4n) is 4.89. The summed E-state index contributed by atoms with van der Waals surface area (Å²) in [5.41, 5.74) is -2.81. The van der Waals surface area contributed by atoms with Gasteiger partial charge in [-0.1, -0.05) is 30.3 Å². The van der Waals surface area contributed by atoms with Gasteiger partial charge in [-0.15, -0.1) is 0 Å². The summed E-state index contributed by atoms with van der Waals surface area (Å²) in [6, 6.07) is 9.96. The number of carbonyl (C=O) groups is 3. The lowest BCUT2D eigenvalue weighted by Gasteiger charge is -2.56. The maximum absolute atomic E-state index is 15.7. The Morgan fingerprint density at radius 2 is 1.76 bits per heavy atom. The van der Waals surface area contributed by atoms with Crippen LogP contribution in [0.3, 0.4) is 0 Å². The first-order valence-electron chi connectivity index (χ1n) is 11.2. The van der Waals surface area contributed by atoms with Crippen LogP contribution in [0.25, 0.3) is 11.1 Å². The molecule has 2 aliphatic heterocycles. The highest BCUT2D eigenvalue weighted by Crippen LogP contribution is 2.48. The van der Waals surface area contributed by atoms with Gasteiger partial charge in [0.25, 0.3) is 0 Å². The van der Waals surface area contributed by atoms with Gasteiger partial charge in [0.05, 0.1) is 7.11 Å². The van der Waals surface area contributed by atoms with Crippen LogP contribution in [0.2, 0.25) is 0 Å². The molecule has 5 rings (SSSR count). The van der Waals surface area contributed by atoms with E-state index in [0.29, 0.717) is 18.4 Å². The van der Waals surface area contributed by atoms with Crippen molar-refractivity contribution in [3.63, 3.8) is 0 Å². The van der Waals surface area contributed by atoms with Gasteiger partial charge in [0.1, 0.15) is 17.2 Å². The smallest absolute Gasteiger partial charge is 0.411 e. The van der Waals surface area contributed by atoms with Gasteiger partial charge < -0.3 is 9.47 Å². The van der Waals surface area contributed by atoms with E-state index in [1.807, 2.05) is 0 Å². The van der Waals surface area contributed by atoms with Gasteiger partial charge in [-0.2, -0.15) is 0 Å². The second-order valence-corrected chi connectivity index (χ2v) is 9.86. The highest BCUT2D eigenvalue weighted by atomic mass is 19.1. The highest BCUT2D eigenvalue weighted by Gasteiger charge is 2.66. The molecule has 0 N–H and O–H groups in total. The number of rotatable bonds is 4. The van der Waals surface area contributed by atoms with Crippen molar-refractivity contribution in [2.45, 2.75) is 57.2 Å². The van der Waals surface area contributed by atoms with E-state index >= 15 is 4.39 Å². The van der Waals surface area contributed by atoms with Crippen molar-refractivity contribution in [1.29, 1.82) is 0 Å². The molecule has 8 heteroatoms. The minimum atomic E-state index is -2.15. The van der Waals surface area contributed by atoms with Crippen LogP contribution in [-0.2, 0) is 25.5 Å². The molecule has 1 aliphatic carbocycles. The Balaban J connectivity index is 1.85. The number of ketones is 1. The standard InChI is InChI=1S/C26H27F2NO5/c1-25(2,3)34-24(32)29-19-11-16(12-19)22(30)26(29,23(31)33-4)14-17-10-18(27)13-20(21(17)28)15-8-6-5-7-9-15/h5-10,13,16,19H,11-12,14H2,1-4H3. The van der Waals surface area contributed by atoms with E-state index in [-0.39, 0.29) is 11.1 Å². The zero-order chi connectivity index (χ0) is 24.8. The first-order valence-corrected chi connectivity index (χ1v) is 11.2. The minimum Gasteiger partial charge on any atom is -0.467 e. The maximum atomic E-state index is 15.7. The van der Waals surface area contributed by atoms with Crippen molar-refractivity contribution in [2.75, 3.05) is 7.11 Å². The summed E-state index contributed by atoms with van der Waals surface area (Å²) in [5, 5.41) is 0. The van der Waals surface area contributed by atoms with Gasteiger partial charge >= 0.3 is 12.1 Å². The molecule has 2 bridgehead atoms. The molecule has 0 aromatic heterocycles. The van der Waals surface area contributed by atoms with E-state index in [2.05, 4.69) is 0 Å². The van der Waals surface area contributed by atoms with Gasteiger partial charge in [0, 0.05) is 23.9 Å². The summed E-state index contributed by atoms with van der Waals surface area (Å²) in [6.07, 6.45) is -0.654. The van der Waals surface area contributed by atoms with Crippen molar-refractivity contribution < 1.29 is 32.6 Å². The monoisotopic (exact) mass is 471 g/mol. The van der Waals surface area contributed by atoms with Crippen LogP contribution >= 0.6 is 0 Å². The van der Waals surface area contributed by atoms with Crippen LogP contribution in [0.15, 0.2) is 42.5 Å². The van der Waals surface area contributed by atoms with Crippen LogP contribution in [0.5, 0.6) is 0 Å². The van der Waals surface area contributed by atoms with Crippen molar-refractivity contribution in [3.8, 4) is 11.1 Å². The Morgan fingerprint density at radius 3 is 2.35 bits per heavy atom. The average molecular weight is 472 g/mol. The Labute approximate surface area is 196 Å². The number of amides is 1. The fraction of sp³-hybridized carbons (Fsp3) is 0.423. The van der Waals surface area contributed by atoms with Crippen molar-refractivity contribution in [1.82, 2.24) is 4.90 Å². The summed E-state index contributed by atoms with van der Waals surface area (Å²) < 4.78 is 40.8. The number of Topliss-reactive ketones (excluding diaryl/α,β-unsaturated/α-hetero) is 1. The number of piperidine rings is 2. The normalized spacial score (nSPS) is 23.8. The van der Waals surface area contributed by atoms with E-state index < -0.39 is 59.0 Å². The molecule has 1 saturated carbocycles. The molecule has 2 heterocycles. The predicted molar refractivity (Wildman–Crippen MR) is 120 cm³/mol. The number of halogens is 2. The Bertz CT molecular complexity index is 1140. The molecule has 180 valence electrons. The Morgan fingerprint density at radius 1 is 1.12 bits per heavy atom. The zero-order valence-corrected chi connectivity index (χ0v) is 19.6. The summed E-state index contributed by atoms with van der Waals surface area (Å²) >= 11 is 0. The molecule has 3 aliphatic rings. The number of methoxy groups -OCH3 is 1. The first-order chi connectivity index (χ1) is 16.0. The number of benzene rings is 2. The molecule has 2 aromatic rings. The SMILES string of the molecule is COC(=O)C1(Cc2cc(F)cc(-c3ccccc3)c2F)C(=O)C2CC(C2)N1C(=O)OC(C)(C)C. The fourth-order valence-corrected chi connectivity index (χ4v) is 4.89. The number of hydrogen-bond acceptors (Lipinski definition) is 5. The third-order valence-electron chi connectivity index (χ3n) is 6.43. The molecular weight excluding hydrogens is 444 g/mol. The molecule has 34 heavy (non-hydrogen) atoms. The second kappa shape index (κ2) is 8.49. The molecule has 6 nitrogen and oxygen atoms in total. The van der Waals surface area contributed by atoms with Gasteiger partial charge in [-0.3, -0.25) is 9.69 Å². The van der Waals surface area contributed by atoms with Gasteiger partial charge in [-0.25, -0.2) is 18.4 Å². The van der Waals surface area contributed by atoms with Crippen LogP contribution in [0, 0.1) is 17.6 Å². The summed E-state index contributed by atoms with van der Waals surface area (Å²) in [6.45, 7) is 5.00. The largest absolute Gasteiger partial charge is 0.467 e. The average Bonchev–Trinajstić information content (AvgIpc) is 2.74. The number of esters is 1. The minimum absolute atomic E-state index is 0.00662. The number of carbonyl (C=O) groups excluding carboxylic acids is 3. The van der Waals surface area contributed by atoms with Crippen LogP contribution < -0.4 is 0 Å². The van der Waals surface area contributed by atoms with E-state index in [0.717, 1.165) is 24.1 Å². The van der Waals surface area contributed by atoms with E-state index in [4.69, 9.17) is 9.47 Å². The van der Waals surface area contributed by atoms with Crippen LogP contribution in [0.1, 0.15) is 39.2 Å². The number of hydrogen-bond donors (Lipinski definition) is 0. The number of ether oxygens (including phenoxy) is 2. The first kappa shape index (κ1) is 23.9. The van der Waals surface area contributed by atoms with Gasteiger partial charge in [0.15, 0.2) is 5.78 Å². The molecule has 0 spiro atoms. The Kier molecular flexibility index (Phi) is 5.96. The quantitative estimate of drug-likeness (QED) is 0.478. The van der Waals surface area contributed by atoms with E-state index in [1.165, 1.54) is 0 Å². The molecule has 2 saturated heterocycles. The summed E-state index contributed by atoms with van der Waals surface area (Å²) in [7, 11) is 1.10. The Hall–Kier alpha value is -3.29. The molecule has 0 radical (unpaired) electrons. The summed E-state index contributed by atoms with van der Waals surface area (Å²) in [4.78, 5) is 41.1. The van der Waals surface area contributed by atoms with Crippen LogP contribution in [-0.4, -0.2) is 47.0 Å². The van der Waals surface area contributed by atoms with Crippen molar-refractivity contribution in [2.24, 2.45) is 5.92 Å². The topological polar surface area (TPSA) is 72.9 Å². The second-order valence-electron chi connectivity index (χ2n) is 9.86. The zero-order valence-electron chi connectivity index (χ0n) is 19.6. The maximum Gasteiger partial charge on any atom is 0.411 e. The lowest BCUT2D eigenvalue weighted by atomic mass is 9.62. The van der Waals surface area contributed by atoms with Crippen molar-refractivity contribution >= 4 is 17.8 Å². The van der Waals surface area contributed by atoms with E-state index in [1.54, 1.807) is 51.1 Å². The van der Waals surface area contributed by atoms with Gasteiger partial charge in [0.2, 0.25) is 5.54 Å². The summed E-state index contributed by atoms with van der Waals surface area (Å²) in [5.74, 6) is -3.51. The predicted octanol–water partition coefficient (Wildman–Crippen LogP) is 4.68. The molecule has 1 amide bonds.